The Bertz CT molecular complexity index is 937. The number of nitrogens with zero attached hydrogens (tertiary/aromatic N) is 1. The Morgan fingerprint density at radius 1 is 1.00 bits per heavy atom. The molecule has 1 aliphatic heterocycles. The molecule has 0 spiro atoms. The van der Waals surface area contributed by atoms with Gasteiger partial charge in [0.2, 0.25) is 0 Å². The zero-order valence-electron chi connectivity index (χ0n) is 13.1. The number of para-hydroxylation sites is 2. The molecule has 1 aromatic heterocycles. The second-order valence-electron chi connectivity index (χ2n) is 5.52. The smallest absolute Gasteiger partial charge is 0.419 e. The quantitative estimate of drug-likeness (QED) is 0.723. The SMILES string of the molecule is O=C1Nc2ccccc2N(C(=O)OCc2ccccc2)c2cscc21. The van der Waals surface area contributed by atoms with Crippen LogP contribution in [0.2, 0.25) is 0 Å². The van der Waals surface area contributed by atoms with Gasteiger partial charge in [-0.1, -0.05) is 42.5 Å². The predicted octanol–water partition coefficient (Wildman–Crippen LogP) is 4.79. The van der Waals surface area contributed by atoms with Crippen molar-refractivity contribution in [3.63, 3.8) is 0 Å². The molecule has 0 radical (unpaired) electrons. The van der Waals surface area contributed by atoms with Crippen molar-refractivity contribution in [1.82, 2.24) is 0 Å². The van der Waals surface area contributed by atoms with Crippen LogP contribution in [0.1, 0.15) is 15.9 Å². The van der Waals surface area contributed by atoms with Gasteiger partial charge in [-0.15, -0.1) is 11.3 Å². The number of carbonyl (C=O) groups excluding carboxylic acids is 2. The van der Waals surface area contributed by atoms with E-state index in [9.17, 15) is 9.59 Å². The van der Waals surface area contributed by atoms with E-state index in [1.54, 1.807) is 22.9 Å². The summed E-state index contributed by atoms with van der Waals surface area (Å²) in [6.07, 6.45) is -0.521. The summed E-state index contributed by atoms with van der Waals surface area (Å²) in [4.78, 5) is 26.7. The number of amides is 2. The third kappa shape index (κ3) is 2.88. The molecule has 0 aliphatic carbocycles. The maximum atomic E-state index is 12.8. The van der Waals surface area contributed by atoms with Crippen molar-refractivity contribution in [2.75, 3.05) is 10.2 Å². The van der Waals surface area contributed by atoms with Gasteiger partial charge in [0.15, 0.2) is 0 Å². The van der Waals surface area contributed by atoms with Gasteiger partial charge in [0, 0.05) is 10.8 Å². The lowest BCUT2D eigenvalue weighted by Crippen LogP contribution is -2.26. The standard InChI is InChI=1S/C19H14N2O3S/c22-18-14-11-25-12-17(14)21(16-9-5-4-8-15(16)20-18)19(23)24-10-13-6-2-1-3-7-13/h1-9,11-12H,10H2,(H,20,22). The van der Waals surface area contributed by atoms with E-state index in [4.69, 9.17) is 4.74 Å². The summed E-state index contributed by atoms with van der Waals surface area (Å²) in [5, 5.41) is 6.35. The first kappa shape index (κ1) is 15.4. The number of rotatable bonds is 2. The van der Waals surface area contributed by atoms with Crippen molar-refractivity contribution in [3.05, 3.63) is 76.5 Å². The van der Waals surface area contributed by atoms with Crippen LogP contribution in [0.15, 0.2) is 65.4 Å². The second kappa shape index (κ2) is 6.41. The van der Waals surface area contributed by atoms with Crippen LogP contribution in [-0.4, -0.2) is 12.0 Å². The molecule has 6 heteroatoms. The molecule has 0 fully saturated rings. The summed E-state index contributed by atoms with van der Waals surface area (Å²) in [5.41, 5.74) is 3.05. The number of hydrogen-bond acceptors (Lipinski definition) is 4. The summed E-state index contributed by atoms with van der Waals surface area (Å²) in [6.45, 7) is 0.166. The Labute approximate surface area is 148 Å². The Balaban J connectivity index is 1.70. The monoisotopic (exact) mass is 350 g/mol. The number of hydrogen-bond donors (Lipinski definition) is 1. The van der Waals surface area contributed by atoms with Crippen LogP contribution in [0.4, 0.5) is 21.9 Å². The van der Waals surface area contributed by atoms with Crippen LogP contribution < -0.4 is 10.2 Å². The number of carbonyl (C=O) groups is 2. The normalized spacial score (nSPS) is 12.6. The lowest BCUT2D eigenvalue weighted by Gasteiger charge is -2.22. The van der Waals surface area contributed by atoms with Crippen LogP contribution in [0.5, 0.6) is 0 Å². The van der Waals surface area contributed by atoms with E-state index in [1.807, 2.05) is 42.5 Å². The molecular formula is C19H14N2O3S. The fourth-order valence-corrected chi connectivity index (χ4v) is 3.50. The van der Waals surface area contributed by atoms with Gasteiger partial charge < -0.3 is 10.1 Å². The van der Waals surface area contributed by atoms with Gasteiger partial charge in [-0.05, 0) is 17.7 Å². The minimum absolute atomic E-state index is 0.166. The first-order chi connectivity index (χ1) is 12.2. The number of ether oxygens (including phenoxy) is 1. The number of anilines is 3. The summed E-state index contributed by atoms with van der Waals surface area (Å²) in [5.74, 6) is -0.234. The van der Waals surface area contributed by atoms with Crippen molar-refractivity contribution in [3.8, 4) is 0 Å². The average molecular weight is 350 g/mol. The molecule has 0 atom stereocenters. The molecule has 0 saturated heterocycles. The average Bonchev–Trinajstić information content (AvgIpc) is 3.08. The molecule has 1 aliphatic rings. The summed E-state index contributed by atoms with van der Waals surface area (Å²) in [6, 6.07) is 16.7. The van der Waals surface area contributed by atoms with Crippen LogP contribution in [0.25, 0.3) is 0 Å². The Morgan fingerprint density at radius 3 is 2.60 bits per heavy atom. The topological polar surface area (TPSA) is 58.6 Å². The van der Waals surface area contributed by atoms with Crippen LogP contribution >= 0.6 is 11.3 Å². The molecule has 0 bridgehead atoms. The lowest BCUT2D eigenvalue weighted by atomic mass is 10.2. The van der Waals surface area contributed by atoms with Gasteiger partial charge >= 0.3 is 6.09 Å². The second-order valence-corrected chi connectivity index (χ2v) is 6.26. The van der Waals surface area contributed by atoms with E-state index in [0.717, 1.165) is 5.56 Å². The highest BCUT2D eigenvalue weighted by Crippen LogP contribution is 2.39. The molecule has 2 aromatic carbocycles. The third-order valence-electron chi connectivity index (χ3n) is 3.91. The highest BCUT2D eigenvalue weighted by atomic mass is 32.1. The van der Waals surface area contributed by atoms with Gasteiger partial charge in [-0.3, -0.25) is 4.79 Å². The predicted molar refractivity (Wildman–Crippen MR) is 97.5 cm³/mol. The largest absolute Gasteiger partial charge is 0.444 e. The summed E-state index contributed by atoms with van der Waals surface area (Å²) in [7, 11) is 0. The Morgan fingerprint density at radius 2 is 1.76 bits per heavy atom. The third-order valence-corrected chi connectivity index (χ3v) is 4.64. The van der Waals surface area contributed by atoms with Crippen molar-refractivity contribution in [2.45, 2.75) is 6.61 Å². The van der Waals surface area contributed by atoms with Crippen LogP contribution in [0.3, 0.4) is 0 Å². The van der Waals surface area contributed by atoms with Gasteiger partial charge in [0.1, 0.15) is 6.61 Å². The summed E-state index contributed by atoms with van der Waals surface area (Å²) < 4.78 is 5.49. The molecule has 4 rings (SSSR count). The van der Waals surface area contributed by atoms with Crippen LogP contribution in [0, 0.1) is 0 Å². The zero-order chi connectivity index (χ0) is 17.2. The van der Waals surface area contributed by atoms with Crippen LogP contribution in [-0.2, 0) is 11.3 Å². The van der Waals surface area contributed by atoms with Gasteiger partial charge in [0.25, 0.3) is 5.91 Å². The van der Waals surface area contributed by atoms with E-state index >= 15 is 0 Å². The molecule has 0 saturated carbocycles. The fourth-order valence-electron chi connectivity index (χ4n) is 2.71. The molecule has 0 unspecified atom stereocenters. The number of thiophene rings is 1. The molecule has 2 amide bonds. The van der Waals surface area contributed by atoms with Gasteiger partial charge in [-0.2, -0.15) is 0 Å². The Hall–Kier alpha value is -3.12. The minimum atomic E-state index is -0.521. The van der Waals surface area contributed by atoms with E-state index in [2.05, 4.69) is 5.32 Å². The number of benzene rings is 2. The first-order valence-corrected chi connectivity index (χ1v) is 8.66. The number of nitrogens with one attached hydrogen (secondary N) is 1. The maximum Gasteiger partial charge on any atom is 0.419 e. The zero-order valence-corrected chi connectivity index (χ0v) is 14.0. The maximum absolute atomic E-state index is 12.8. The number of fused-ring (bicyclic) bond motifs is 2. The molecule has 1 N–H and O–H groups in total. The molecule has 25 heavy (non-hydrogen) atoms. The van der Waals surface area contributed by atoms with E-state index < -0.39 is 6.09 Å². The van der Waals surface area contributed by atoms with Gasteiger partial charge in [-0.25, -0.2) is 9.69 Å². The molecular weight excluding hydrogens is 336 g/mol. The highest BCUT2D eigenvalue weighted by molar-refractivity contribution is 7.08. The van der Waals surface area contributed by atoms with Crippen molar-refractivity contribution >= 4 is 40.4 Å². The van der Waals surface area contributed by atoms with E-state index in [1.165, 1.54) is 16.2 Å². The minimum Gasteiger partial charge on any atom is -0.444 e. The van der Waals surface area contributed by atoms with Crippen molar-refractivity contribution < 1.29 is 14.3 Å². The molecule has 124 valence electrons. The Kier molecular flexibility index (Phi) is 3.95. The van der Waals surface area contributed by atoms with Crippen molar-refractivity contribution in [1.29, 1.82) is 0 Å². The van der Waals surface area contributed by atoms with E-state index in [0.29, 0.717) is 22.6 Å². The van der Waals surface area contributed by atoms with Gasteiger partial charge in [0.05, 0.1) is 22.6 Å². The molecule has 5 nitrogen and oxygen atoms in total. The fraction of sp³-hybridized carbons (Fsp3) is 0.0526. The molecule has 3 aromatic rings. The van der Waals surface area contributed by atoms with Crippen molar-refractivity contribution in [2.24, 2.45) is 0 Å². The van der Waals surface area contributed by atoms with E-state index in [-0.39, 0.29) is 12.5 Å². The first-order valence-electron chi connectivity index (χ1n) is 7.71. The lowest BCUT2D eigenvalue weighted by molar-refractivity contribution is 0.102. The molecule has 2 heterocycles. The summed E-state index contributed by atoms with van der Waals surface area (Å²) >= 11 is 1.37. The highest BCUT2D eigenvalue weighted by Gasteiger charge is 2.30.